The van der Waals surface area contributed by atoms with Crippen molar-refractivity contribution in [3.05, 3.63) is 68.7 Å². The second kappa shape index (κ2) is 9.43. The number of ketones is 1. The number of methoxy groups -OCH3 is 1. The van der Waals surface area contributed by atoms with Crippen LogP contribution in [0.3, 0.4) is 0 Å². The third-order valence-corrected chi connectivity index (χ3v) is 7.11. The van der Waals surface area contributed by atoms with E-state index in [2.05, 4.69) is 11.4 Å². The summed E-state index contributed by atoms with van der Waals surface area (Å²) in [6, 6.07) is 9.03. The van der Waals surface area contributed by atoms with Gasteiger partial charge in [0.05, 0.1) is 19.3 Å². The van der Waals surface area contributed by atoms with Crippen molar-refractivity contribution in [1.29, 1.82) is 0 Å². The number of ether oxygens (including phenoxy) is 2. The normalized spacial score (nSPS) is 20.6. The van der Waals surface area contributed by atoms with Gasteiger partial charge in [0.25, 0.3) is 0 Å². The number of Topliss-reactive ketones (excluding diaryl/α,β-unsaturated/α-hetero) is 1. The molecule has 1 aromatic heterocycles. The molecule has 0 amide bonds. The van der Waals surface area contributed by atoms with Crippen LogP contribution in [0.1, 0.15) is 55.9 Å². The van der Waals surface area contributed by atoms with E-state index in [-0.39, 0.29) is 23.4 Å². The molecule has 0 radical (unpaired) electrons. The Bertz CT molecular complexity index is 1130. The van der Waals surface area contributed by atoms with Gasteiger partial charge >= 0.3 is 5.97 Å². The lowest BCUT2D eigenvalue weighted by atomic mass is 9.72. The summed E-state index contributed by atoms with van der Waals surface area (Å²) in [5.41, 5.74) is 3.25. The summed E-state index contributed by atoms with van der Waals surface area (Å²) in [5.74, 6) is -0.419. The molecule has 0 spiro atoms. The Balaban J connectivity index is 1.80. The van der Waals surface area contributed by atoms with Gasteiger partial charge in [-0.3, -0.25) is 4.79 Å². The maximum Gasteiger partial charge on any atom is 0.336 e. The number of phenolic OH excluding ortho intramolecular Hbond substituents is 1. The number of phenols is 1. The van der Waals surface area contributed by atoms with Crippen molar-refractivity contribution >= 4 is 23.1 Å². The van der Waals surface area contributed by atoms with Gasteiger partial charge in [0.1, 0.15) is 0 Å². The second-order valence-electron chi connectivity index (χ2n) is 8.96. The largest absolute Gasteiger partial charge is 0.504 e. The first kappa shape index (κ1) is 23.1. The van der Waals surface area contributed by atoms with E-state index in [0.717, 1.165) is 5.70 Å². The van der Waals surface area contributed by atoms with Crippen molar-refractivity contribution in [3.8, 4) is 11.5 Å². The van der Waals surface area contributed by atoms with Gasteiger partial charge in [-0.2, -0.15) is 0 Å². The number of thiophene rings is 1. The van der Waals surface area contributed by atoms with Gasteiger partial charge in [-0.1, -0.05) is 26.0 Å². The molecule has 2 heterocycles. The van der Waals surface area contributed by atoms with E-state index in [1.54, 1.807) is 23.5 Å². The average Bonchev–Trinajstić information content (AvgIpc) is 3.32. The van der Waals surface area contributed by atoms with Crippen molar-refractivity contribution in [2.24, 2.45) is 5.92 Å². The van der Waals surface area contributed by atoms with Crippen LogP contribution in [0.4, 0.5) is 0 Å². The molecule has 2 atom stereocenters. The fraction of sp³-hybridized carbons (Fsp3) is 0.385. The molecule has 6 nitrogen and oxygen atoms in total. The number of aromatic hydroxyl groups is 1. The van der Waals surface area contributed by atoms with Gasteiger partial charge < -0.3 is 19.9 Å². The zero-order valence-corrected chi connectivity index (χ0v) is 20.1. The Hall–Kier alpha value is -3.06. The molecule has 0 saturated heterocycles. The molecule has 0 saturated carbocycles. The molecule has 1 aliphatic carbocycles. The fourth-order valence-corrected chi connectivity index (χ4v) is 5.39. The van der Waals surface area contributed by atoms with Gasteiger partial charge in [-0.05, 0) is 48.4 Å². The van der Waals surface area contributed by atoms with E-state index in [4.69, 9.17) is 9.47 Å². The third kappa shape index (κ3) is 4.55. The van der Waals surface area contributed by atoms with Crippen LogP contribution in [0.15, 0.2) is 58.3 Å². The van der Waals surface area contributed by atoms with Crippen molar-refractivity contribution in [1.82, 2.24) is 5.32 Å². The van der Waals surface area contributed by atoms with Crippen molar-refractivity contribution < 1.29 is 24.2 Å². The second-order valence-corrected chi connectivity index (χ2v) is 9.94. The number of allylic oxidation sites excluding steroid dienone is 3. The van der Waals surface area contributed by atoms with E-state index in [0.29, 0.717) is 47.6 Å². The maximum atomic E-state index is 13.5. The molecule has 1 aliphatic heterocycles. The number of hydrogen-bond donors (Lipinski definition) is 2. The predicted molar refractivity (Wildman–Crippen MR) is 127 cm³/mol. The van der Waals surface area contributed by atoms with Crippen molar-refractivity contribution in [3.63, 3.8) is 0 Å². The highest BCUT2D eigenvalue weighted by Crippen LogP contribution is 2.47. The zero-order valence-electron chi connectivity index (χ0n) is 19.3. The van der Waals surface area contributed by atoms with E-state index in [9.17, 15) is 14.7 Å². The summed E-state index contributed by atoms with van der Waals surface area (Å²) in [7, 11) is 1.47. The highest BCUT2D eigenvalue weighted by Gasteiger charge is 2.41. The monoisotopic (exact) mass is 467 g/mol. The van der Waals surface area contributed by atoms with E-state index >= 15 is 0 Å². The molecule has 4 rings (SSSR count). The zero-order chi connectivity index (χ0) is 23.7. The smallest absolute Gasteiger partial charge is 0.336 e. The van der Waals surface area contributed by atoms with Gasteiger partial charge in [0.15, 0.2) is 17.3 Å². The van der Waals surface area contributed by atoms with Crippen LogP contribution in [0, 0.1) is 5.92 Å². The highest BCUT2D eigenvalue weighted by atomic mass is 32.1. The summed E-state index contributed by atoms with van der Waals surface area (Å²) in [5, 5.41) is 15.5. The highest BCUT2D eigenvalue weighted by molar-refractivity contribution is 7.10. The first-order valence-corrected chi connectivity index (χ1v) is 12.0. The number of carbonyl (C=O) groups is 2. The average molecular weight is 468 g/mol. The lowest BCUT2D eigenvalue weighted by molar-refractivity contribution is -0.140. The Morgan fingerprint density at radius 1 is 1.27 bits per heavy atom. The SMILES string of the molecule is COc1cc(C2C(C(=O)OCC(C)C)=C(C)NC3=C2C(=O)CC(c2cccs2)C3)ccc1O. The van der Waals surface area contributed by atoms with Gasteiger partial charge in [-0.25, -0.2) is 4.79 Å². The third-order valence-electron chi connectivity index (χ3n) is 6.08. The van der Waals surface area contributed by atoms with Crippen LogP contribution in [-0.4, -0.2) is 30.6 Å². The van der Waals surface area contributed by atoms with Gasteiger partial charge in [0.2, 0.25) is 0 Å². The molecule has 174 valence electrons. The van der Waals surface area contributed by atoms with Crippen LogP contribution in [0.2, 0.25) is 0 Å². The summed E-state index contributed by atoms with van der Waals surface area (Å²) in [4.78, 5) is 27.9. The molecule has 0 bridgehead atoms. The Labute approximate surface area is 197 Å². The number of dihydropyridines is 1. The standard InChI is InChI=1S/C26H29NO5S/c1-14(2)13-32-26(30)23-15(3)27-18-10-17(22-6-5-9-33-22)11-20(29)25(18)24(23)16-7-8-19(28)21(12-16)31-4/h5-9,12,14,17,24,27-28H,10-11,13H2,1-4H3. The quantitative estimate of drug-likeness (QED) is 0.580. The first-order valence-electron chi connectivity index (χ1n) is 11.1. The van der Waals surface area contributed by atoms with Crippen molar-refractivity contribution in [2.45, 2.75) is 45.4 Å². The molecule has 2 aromatic rings. The van der Waals surface area contributed by atoms with E-state index < -0.39 is 11.9 Å². The van der Waals surface area contributed by atoms with Crippen LogP contribution >= 0.6 is 11.3 Å². The van der Waals surface area contributed by atoms with Crippen LogP contribution < -0.4 is 10.1 Å². The summed E-state index contributed by atoms with van der Waals surface area (Å²) in [6.45, 7) is 6.10. The predicted octanol–water partition coefficient (Wildman–Crippen LogP) is 5.02. The topological polar surface area (TPSA) is 84.9 Å². The number of hydrogen-bond acceptors (Lipinski definition) is 7. The number of rotatable bonds is 6. The molecule has 2 unspecified atom stereocenters. The minimum Gasteiger partial charge on any atom is -0.504 e. The lowest BCUT2D eigenvalue weighted by Crippen LogP contribution is -2.36. The van der Waals surface area contributed by atoms with Crippen LogP contribution in [0.25, 0.3) is 0 Å². The molecule has 33 heavy (non-hydrogen) atoms. The summed E-state index contributed by atoms with van der Waals surface area (Å²) >= 11 is 1.66. The van der Waals surface area contributed by atoms with Crippen molar-refractivity contribution in [2.75, 3.05) is 13.7 Å². The molecule has 1 aromatic carbocycles. The summed E-state index contributed by atoms with van der Waals surface area (Å²) < 4.78 is 10.9. The van der Waals surface area contributed by atoms with Gasteiger partial charge in [-0.15, -0.1) is 11.3 Å². The number of carbonyl (C=O) groups excluding carboxylic acids is 2. The first-order chi connectivity index (χ1) is 15.8. The Kier molecular flexibility index (Phi) is 6.61. The molecule has 2 aliphatic rings. The minimum absolute atomic E-state index is 0.00162. The van der Waals surface area contributed by atoms with Crippen LogP contribution in [-0.2, 0) is 14.3 Å². The molecular weight excluding hydrogens is 438 g/mol. The number of benzene rings is 1. The van der Waals surface area contributed by atoms with Gasteiger partial charge in [0, 0.05) is 40.1 Å². The summed E-state index contributed by atoms with van der Waals surface area (Å²) in [6.07, 6.45) is 1.08. The molecule has 0 fully saturated rings. The molecule has 2 N–H and O–H groups in total. The number of esters is 1. The minimum atomic E-state index is -0.591. The van der Waals surface area contributed by atoms with Crippen LogP contribution in [0.5, 0.6) is 11.5 Å². The van der Waals surface area contributed by atoms with E-state index in [1.165, 1.54) is 18.1 Å². The number of nitrogens with one attached hydrogen (secondary N) is 1. The Morgan fingerprint density at radius 2 is 2.06 bits per heavy atom. The van der Waals surface area contributed by atoms with E-state index in [1.807, 2.05) is 32.2 Å². The lowest BCUT2D eigenvalue weighted by Gasteiger charge is -2.36. The maximum absolute atomic E-state index is 13.5. The molecule has 7 heteroatoms. The fourth-order valence-electron chi connectivity index (χ4n) is 4.56. The Morgan fingerprint density at radius 3 is 2.73 bits per heavy atom. The molecular formula is C26H29NO5S.